The topological polar surface area (TPSA) is 106 Å². The summed E-state index contributed by atoms with van der Waals surface area (Å²) in [5.41, 5.74) is 8.43. The molecule has 4 aromatic rings. The molecule has 8 nitrogen and oxygen atoms in total. The van der Waals surface area contributed by atoms with Crippen molar-refractivity contribution in [3.05, 3.63) is 59.6 Å². The number of nitrogens with two attached hydrogens (primary N) is 1. The summed E-state index contributed by atoms with van der Waals surface area (Å²) < 4.78 is 6.98. The number of carbonyl (C=O) groups excluding carboxylic acids is 1. The lowest BCUT2D eigenvalue weighted by molar-refractivity contribution is -0.00536. The predicted molar refractivity (Wildman–Crippen MR) is 132 cm³/mol. The Hall–Kier alpha value is -3.56. The number of nitrogens with one attached hydrogen (secondary N) is 1. The number of ether oxygens (including phenoxy) is 1. The number of hydrogen-bond donors (Lipinski definition) is 2. The molecule has 33 heavy (non-hydrogen) atoms. The molecule has 2 unspecified atom stereocenters. The number of anilines is 3. The number of fused-ring (bicyclic) bond motifs is 1. The van der Waals surface area contributed by atoms with E-state index in [1.54, 1.807) is 23.5 Å². The average molecular weight is 461 g/mol. The maximum Gasteiger partial charge on any atom is 0.257 e. The van der Waals surface area contributed by atoms with Gasteiger partial charge in [0.25, 0.3) is 5.91 Å². The Balaban J connectivity index is 1.47. The molecule has 4 heterocycles. The van der Waals surface area contributed by atoms with E-state index in [9.17, 15) is 4.79 Å². The lowest BCUT2D eigenvalue weighted by Gasteiger charge is -2.36. The molecule has 0 spiro atoms. The number of thiophene rings is 1. The van der Waals surface area contributed by atoms with Gasteiger partial charge >= 0.3 is 0 Å². The summed E-state index contributed by atoms with van der Waals surface area (Å²) in [6.07, 6.45) is 1.71. The molecule has 3 N–H and O–H groups in total. The van der Waals surface area contributed by atoms with E-state index in [-0.39, 0.29) is 18.1 Å². The standard InChI is InChI=1S/C24H24N6O2S/c1-14-12-30(13-15(2)32-14)23-21-19(8-9-33-21)28-22(29-23)16-4-3-5-18(10-16)27-24(31)17-6-7-20(25)26-11-17/h3-11,14-15H,12-13H2,1-2H3,(H2,25,26)(H,27,31). The van der Waals surface area contributed by atoms with E-state index < -0.39 is 0 Å². The van der Waals surface area contributed by atoms with Crippen LogP contribution in [0.2, 0.25) is 0 Å². The Labute approximate surface area is 195 Å². The SMILES string of the molecule is CC1CN(c2nc(-c3cccc(NC(=O)c4ccc(N)nc4)c3)nc3ccsc23)CC(C)O1. The van der Waals surface area contributed by atoms with Gasteiger partial charge in [-0.15, -0.1) is 11.3 Å². The number of morpholine rings is 1. The monoisotopic (exact) mass is 460 g/mol. The number of hydrogen-bond acceptors (Lipinski definition) is 8. The van der Waals surface area contributed by atoms with Crippen molar-refractivity contribution in [2.24, 2.45) is 0 Å². The Bertz CT molecular complexity index is 1300. The van der Waals surface area contributed by atoms with E-state index in [1.165, 1.54) is 6.20 Å². The lowest BCUT2D eigenvalue weighted by Crippen LogP contribution is -2.45. The van der Waals surface area contributed by atoms with Crippen LogP contribution in [-0.4, -0.2) is 46.2 Å². The van der Waals surface area contributed by atoms with Gasteiger partial charge < -0.3 is 20.7 Å². The van der Waals surface area contributed by atoms with Crippen LogP contribution in [0.3, 0.4) is 0 Å². The summed E-state index contributed by atoms with van der Waals surface area (Å²) in [6, 6.07) is 12.8. The molecule has 1 saturated heterocycles. The highest BCUT2D eigenvalue weighted by Crippen LogP contribution is 2.33. The Morgan fingerprint density at radius 3 is 2.73 bits per heavy atom. The molecule has 1 aliphatic rings. The summed E-state index contributed by atoms with van der Waals surface area (Å²) in [5, 5.41) is 4.95. The first-order valence-corrected chi connectivity index (χ1v) is 11.6. The van der Waals surface area contributed by atoms with Crippen LogP contribution in [0.25, 0.3) is 21.6 Å². The van der Waals surface area contributed by atoms with Crippen molar-refractivity contribution < 1.29 is 9.53 Å². The van der Waals surface area contributed by atoms with Gasteiger partial charge in [0.05, 0.1) is 28.0 Å². The zero-order chi connectivity index (χ0) is 22.9. The van der Waals surface area contributed by atoms with Crippen molar-refractivity contribution in [3.8, 4) is 11.4 Å². The Kier molecular flexibility index (Phi) is 5.65. The fourth-order valence-electron chi connectivity index (χ4n) is 4.02. The number of aromatic nitrogens is 3. The van der Waals surface area contributed by atoms with E-state index in [4.69, 9.17) is 20.4 Å². The number of amides is 1. The summed E-state index contributed by atoms with van der Waals surface area (Å²) in [7, 11) is 0. The van der Waals surface area contributed by atoms with Crippen molar-refractivity contribution in [3.63, 3.8) is 0 Å². The molecule has 2 atom stereocenters. The highest BCUT2D eigenvalue weighted by Gasteiger charge is 2.26. The number of rotatable bonds is 4. The molecule has 0 saturated carbocycles. The van der Waals surface area contributed by atoms with Gasteiger partial charge in [-0.05, 0) is 49.6 Å². The van der Waals surface area contributed by atoms with Crippen LogP contribution < -0.4 is 16.0 Å². The van der Waals surface area contributed by atoms with Crippen LogP contribution in [0.15, 0.2) is 54.0 Å². The van der Waals surface area contributed by atoms with Crippen LogP contribution >= 0.6 is 11.3 Å². The van der Waals surface area contributed by atoms with Crippen LogP contribution in [0.1, 0.15) is 24.2 Å². The van der Waals surface area contributed by atoms with Crippen molar-refractivity contribution in [2.45, 2.75) is 26.1 Å². The number of nitrogens with zero attached hydrogens (tertiary/aromatic N) is 4. The minimum atomic E-state index is -0.258. The summed E-state index contributed by atoms with van der Waals surface area (Å²) in [5.74, 6) is 1.66. The number of pyridine rings is 1. The van der Waals surface area contributed by atoms with Gasteiger partial charge in [0, 0.05) is 30.5 Å². The Morgan fingerprint density at radius 1 is 1.15 bits per heavy atom. The zero-order valence-electron chi connectivity index (χ0n) is 18.4. The molecule has 1 amide bonds. The van der Waals surface area contributed by atoms with Gasteiger partial charge in [-0.25, -0.2) is 15.0 Å². The molecule has 0 bridgehead atoms. The summed E-state index contributed by atoms with van der Waals surface area (Å²) >= 11 is 1.64. The Morgan fingerprint density at radius 2 is 1.97 bits per heavy atom. The number of benzene rings is 1. The fourth-order valence-corrected chi connectivity index (χ4v) is 4.87. The molecular weight excluding hydrogens is 436 g/mol. The average Bonchev–Trinajstić information content (AvgIpc) is 3.27. The lowest BCUT2D eigenvalue weighted by atomic mass is 10.1. The number of carbonyl (C=O) groups is 1. The third kappa shape index (κ3) is 4.50. The van der Waals surface area contributed by atoms with Gasteiger partial charge in [0.2, 0.25) is 0 Å². The molecule has 168 valence electrons. The van der Waals surface area contributed by atoms with Crippen LogP contribution in [0, 0.1) is 0 Å². The van der Waals surface area contributed by atoms with Crippen LogP contribution in [0.5, 0.6) is 0 Å². The fraction of sp³-hybridized carbons (Fsp3) is 0.250. The highest BCUT2D eigenvalue weighted by molar-refractivity contribution is 7.17. The molecule has 0 radical (unpaired) electrons. The van der Waals surface area contributed by atoms with Crippen molar-refractivity contribution in [1.82, 2.24) is 15.0 Å². The second-order valence-electron chi connectivity index (χ2n) is 8.17. The van der Waals surface area contributed by atoms with Gasteiger partial charge in [-0.1, -0.05) is 12.1 Å². The summed E-state index contributed by atoms with van der Waals surface area (Å²) in [4.78, 5) is 28.6. The van der Waals surface area contributed by atoms with E-state index in [1.807, 2.05) is 35.7 Å². The molecule has 9 heteroatoms. The second-order valence-corrected chi connectivity index (χ2v) is 9.09. The third-order valence-corrected chi connectivity index (χ3v) is 6.33. The van der Waals surface area contributed by atoms with Crippen molar-refractivity contribution in [1.29, 1.82) is 0 Å². The zero-order valence-corrected chi connectivity index (χ0v) is 19.2. The first-order valence-electron chi connectivity index (χ1n) is 10.8. The van der Waals surface area contributed by atoms with Crippen LogP contribution in [0.4, 0.5) is 17.3 Å². The maximum atomic E-state index is 12.6. The van der Waals surface area contributed by atoms with Gasteiger partial charge in [0.15, 0.2) is 11.6 Å². The normalized spacial score (nSPS) is 18.4. The van der Waals surface area contributed by atoms with Gasteiger partial charge in [0.1, 0.15) is 5.82 Å². The third-order valence-electron chi connectivity index (χ3n) is 5.43. The van der Waals surface area contributed by atoms with Gasteiger partial charge in [-0.3, -0.25) is 4.79 Å². The molecule has 1 aliphatic heterocycles. The van der Waals surface area contributed by atoms with E-state index >= 15 is 0 Å². The molecular formula is C24H24N6O2S. The molecule has 5 rings (SSSR count). The second kappa shape index (κ2) is 8.76. The van der Waals surface area contributed by atoms with Crippen molar-refractivity contribution >= 4 is 44.8 Å². The van der Waals surface area contributed by atoms with E-state index in [0.29, 0.717) is 22.9 Å². The van der Waals surface area contributed by atoms with Gasteiger partial charge in [-0.2, -0.15) is 0 Å². The van der Waals surface area contributed by atoms with Crippen molar-refractivity contribution in [2.75, 3.05) is 29.0 Å². The highest BCUT2D eigenvalue weighted by atomic mass is 32.1. The first-order chi connectivity index (χ1) is 16.0. The molecule has 1 aromatic carbocycles. The van der Waals surface area contributed by atoms with E-state index in [0.717, 1.165) is 34.7 Å². The minimum absolute atomic E-state index is 0.128. The molecule has 1 fully saturated rings. The van der Waals surface area contributed by atoms with E-state index in [2.05, 4.69) is 29.0 Å². The largest absolute Gasteiger partial charge is 0.384 e. The maximum absolute atomic E-state index is 12.6. The first kappa shape index (κ1) is 21.3. The predicted octanol–water partition coefficient (Wildman–Crippen LogP) is 4.20. The van der Waals surface area contributed by atoms with Crippen LogP contribution in [-0.2, 0) is 4.74 Å². The summed E-state index contributed by atoms with van der Waals surface area (Å²) in [6.45, 7) is 5.72. The smallest absolute Gasteiger partial charge is 0.257 e. The number of nitrogen functional groups attached to an aromatic ring is 1. The minimum Gasteiger partial charge on any atom is -0.384 e. The molecule has 3 aromatic heterocycles. The molecule has 0 aliphatic carbocycles. The quantitative estimate of drug-likeness (QED) is 0.470.